The molecule has 0 unspecified atom stereocenters. The molecule has 0 radical (unpaired) electrons. The molecule has 0 saturated heterocycles. The number of nitrogens with zero attached hydrogens (tertiary/aromatic N) is 1. The lowest BCUT2D eigenvalue weighted by Gasteiger charge is -2.12. The predicted molar refractivity (Wildman–Crippen MR) is 77.8 cm³/mol. The Morgan fingerprint density at radius 1 is 1.50 bits per heavy atom. The number of aryl methyl sites for hydroxylation is 1. The van der Waals surface area contributed by atoms with E-state index in [4.69, 9.17) is 0 Å². The van der Waals surface area contributed by atoms with Crippen LogP contribution in [0.5, 0.6) is 0 Å². The van der Waals surface area contributed by atoms with Crippen LogP contribution in [0, 0.1) is 0 Å². The molecular formula is C13H16N4O2S. The number of carbonyl (C=O) groups excluding carboxylic acids is 2. The monoisotopic (exact) mass is 292 g/mol. The van der Waals surface area contributed by atoms with Crippen molar-refractivity contribution >= 4 is 29.0 Å². The third-order valence-corrected chi connectivity index (χ3v) is 3.62. The molecule has 2 aromatic heterocycles. The van der Waals surface area contributed by atoms with Gasteiger partial charge in [0, 0.05) is 11.8 Å². The minimum Gasteiger partial charge on any atom is -0.340 e. The molecule has 2 rings (SSSR count). The molecule has 0 aliphatic heterocycles. The fraction of sp³-hybridized carbons (Fsp3) is 0.308. The Morgan fingerprint density at radius 3 is 2.90 bits per heavy atom. The molecule has 6 nitrogen and oxygen atoms in total. The minimum atomic E-state index is -0.633. The highest BCUT2D eigenvalue weighted by Gasteiger charge is 2.17. The van der Waals surface area contributed by atoms with Crippen molar-refractivity contribution in [2.24, 2.45) is 0 Å². The fourth-order valence-electron chi connectivity index (χ4n) is 1.58. The smallest absolute Gasteiger partial charge is 0.261 e. The summed E-state index contributed by atoms with van der Waals surface area (Å²) in [5, 5.41) is 13.9. The number of hydrogen-bond donors (Lipinski definition) is 3. The number of aromatic amines is 1. The summed E-state index contributed by atoms with van der Waals surface area (Å²) in [6, 6.07) is 4.64. The van der Waals surface area contributed by atoms with Gasteiger partial charge in [-0.25, -0.2) is 0 Å². The Labute approximate surface area is 120 Å². The largest absolute Gasteiger partial charge is 0.340 e. The quantitative estimate of drug-likeness (QED) is 0.785. The zero-order valence-electron chi connectivity index (χ0n) is 11.3. The van der Waals surface area contributed by atoms with Crippen LogP contribution >= 0.6 is 11.3 Å². The number of nitrogens with one attached hydrogen (secondary N) is 3. The van der Waals surface area contributed by atoms with Gasteiger partial charge in [0.2, 0.25) is 5.91 Å². The summed E-state index contributed by atoms with van der Waals surface area (Å²) in [6.07, 6.45) is 0.813. The van der Waals surface area contributed by atoms with Gasteiger partial charge >= 0.3 is 0 Å². The maximum Gasteiger partial charge on any atom is 0.261 e. The number of hydrogen-bond acceptors (Lipinski definition) is 4. The van der Waals surface area contributed by atoms with E-state index >= 15 is 0 Å². The van der Waals surface area contributed by atoms with Crippen molar-refractivity contribution < 1.29 is 9.59 Å². The molecule has 0 bridgehead atoms. The lowest BCUT2D eigenvalue weighted by Crippen LogP contribution is -2.41. The van der Waals surface area contributed by atoms with Gasteiger partial charge in [-0.15, -0.1) is 11.3 Å². The number of rotatable bonds is 5. The van der Waals surface area contributed by atoms with Crippen LogP contribution in [-0.2, 0) is 11.2 Å². The number of carbonyl (C=O) groups is 2. The number of thiophene rings is 1. The van der Waals surface area contributed by atoms with E-state index in [0.717, 1.165) is 12.1 Å². The second-order valence-electron chi connectivity index (χ2n) is 4.29. The van der Waals surface area contributed by atoms with E-state index in [9.17, 15) is 9.59 Å². The van der Waals surface area contributed by atoms with Crippen molar-refractivity contribution in [3.63, 3.8) is 0 Å². The average Bonchev–Trinajstić information content (AvgIpc) is 3.09. The molecule has 1 atom stereocenters. The molecule has 2 heterocycles. The van der Waals surface area contributed by atoms with Crippen molar-refractivity contribution in [1.82, 2.24) is 15.5 Å². The Morgan fingerprint density at radius 2 is 2.30 bits per heavy atom. The van der Waals surface area contributed by atoms with Gasteiger partial charge in [-0.2, -0.15) is 5.10 Å². The van der Waals surface area contributed by atoms with Crippen LogP contribution < -0.4 is 10.6 Å². The molecule has 3 N–H and O–H groups in total. The zero-order valence-corrected chi connectivity index (χ0v) is 12.1. The number of aromatic nitrogens is 2. The van der Waals surface area contributed by atoms with E-state index in [2.05, 4.69) is 20.8 Å². The molecule has 7 heteroatoms. The van der Waals surface area contributed by atoms with Crippen LogP contribution in [-0.4, -0.2) is 28.1 Å². The van der Waals surface area contributed by atoms with E-state index < -0.39 is 6.04 Å². The number of anilines is 1. The van der Waals surface area contributed by atoms with Crippen molar-refractivity contribution in [3.05, 3.63) is 34.2 Å². The summed E-state index contributed by atoms with van der Waals surface area (Å²) in [5.41, 5.74) is 0.940. The van der Waals surface area contributed by atoms with Crippen LogP contribution in [0.4, 0.5) is 5.82 Å². The summed E-state index contributed by atoms with van der Waals surface area (Å²) < 4.78 is 0. The van der Waals surface area contributed by atoms with Gasteiger partial charge in [0.25, 0.3) is 5.91 Å². The van der Waals surface area contributed by atoms with Crippen LogP contribution in [0.15, 0.2) is 23.6 Å². The molecule has 20 heavy (non-hydrogen) atoms. The van der Waals surface area contributed by atoms with Gasteiger partial charge < -0.3 is 10.6 Å². The van der Waals surface area contributed by atoms with Crippen molar-refractivity contribution in [2.45, 2.75) is 26.3 Å². The highest BCUT2D eigenvalue weighted by molar-refractivity contribution is 7.12. The molecule has 2 amide bonds. The molecule has 0 aliphatic carbocycles. The third-order valence-electron chi connectivity index (χ3n) is 2.75. The van der Waals surface area contributed by atoms with Crippen LogP contribution in [0.2, 0.25) is 0 Å². The normalized spacial score (nSPS) is 11.9. The molecule has 106 valence electrons. The second-order valence-corrected chi connectivity index (χ2v) is 5.24. The summed E-state index contributed by atoms with van der Waals surface area (Å²) in [5.74, 6) is -0.0907. The van der Waals surface area contributed by atoms with Gasteiger partial charge in [-0.3, -0.25) is 14.7 Å². The molecule has 0 fully saturated rings. The summed E-state index contributed by atoms with van der Waals surface area (Å²) >= 11 is 1.33. The van der Waals surface area contributed by atoms with Gasteiger partial charge in [0.1, 0.15) is 6.04 Å². The van der Waals surface area contributed by atoms with E-state index in [0.29, 0.717) is 10.7 Å². The molecule has 0 spiro atoms. The number of H-pyrrole nitrogens is 1. The first-order chi connectivity index (χ1) is 9.60. The van der Waals surface area contributed by atoms with Gasteiger partial charge in [-0.1, -0.05) is 13.0 Å². The molecule has 0 aromatic carbocycles. The Balaban J connectivity index is 1.90. The summed E-state index contributed by atoms with van der Waals surface area (Å²) in [4.78, 5) is 24.3. The standard InChI is InChI=1S/C13H16N4O2S/c1-3-9-7-11(17-16-9)15-12(18)8(2)14-13(19)10-5-4-6-20-10/h4-8H,3H2,1-2H3,(H,14,19)(H2,15,16,17,18)/t8-/m1/s1. The maximum absolute atomic E-state index is 11.9. The SMILES string of the molecule is CCc1cc(NC(=O)[C@@H](C)NC(=O)c2cccs2)n[nH]1. The molecular weight excluding hydrogens is 276 g/mol. The van der Waals surface area contributed by atoms with Crippen LogP contribution in [0.25, 0.3) is 0 Å². The first-order valence-electron chi connectivity index (χ1n) is 6.29. The van der Waals surface area contributed by atoms with Gasteiger partial charge in [0.05, 0.1) is 4.88 Å². The molecule has 0 aliphatic rings. The first-order valence-corrected chi connectivity index (χ1v) is 7.17. The van der Waals surface area contributed by atoms with E-state index in [-0.39, 0.29) is 11.8 Å². The minimum absolute atomic E-state index is 0.251. The molecule has 2 aromatic rings. The van der Waals surface area contributed by atoms with Gasteiger partial charge in [0.15, 0.2) is 5.82 Å². The van der Waals surface area contributed by atoms with Crippen molar-refractivity contribution in [1.29, 1.82) is 0 Å². The lowest BCUT2D eigenvalue weighted by molar-refractivity contribution is -0.117. The van der Waals surface area contributed by atoms with E-state index in [1.165, 1.54) is 11.3 Å². The predicted octanol–water partition coefficient (Wildman–Crippen LogP) is 1.79. The van der Waals surface area contributed by atoms with Gasteiger partial charge in [-0.05, 0) is 24.8 Å². The Hall–Kier alpha value is -2.15. The van der Waals surface area contributed by atoms with Crippen molar-refractivity contribution in [2.75, 3.05) is 5.32 Å². The first kappa shape index (κ1) is 14.3. The highest BCUT2D eigenvalue weighted by atomic mass is 32.1. The lowest BCUT2D eigenvalue weighted by atomic mass is 10.3. The third kappa shape index (κ3) is 3.45. The van der Waals surface area contributed by atoms with Crippen LogP contribution in [0.3, 0.4) is 0 Å². The molecule has 0 saturated carbocycles. The summed E-state index contributed by atoms with van der Waals surface area (Å²) in [7, 11) is 0. The van der Waals surface area contributed by atoms with E-state index in [1.807, 2.05) is 12.3 Å². The topological polar surface area (TPSA) is 86.9 Å². The fourth-order valence-corrected chi connectivity index (χ4v) is 2.21. The second kappa shape index (κ2) is 6.33. The van der Waals surface area contributed by atoms with Crippen molar-refractivity contribution in [3.8, 4) is 0 Å². The zero-order chi connectivity index (χ0) is 14.5. The highest BCUT2D eigenvalue weighted by Crippen LogP contribution is 2.09. The van der Waals surface area contributed by atoms with E-state index in [1.54, 1.807) is 25.1 Å². The average molecular weight is 292 g/mol. The Bertz CT molecular complexity index is 591. The maximum atomic E-state index is 11.9. The summed E-state index contributed by atoms with van der Waals surface area (Å²) in [6.45, 7) is 3.62. The van der Waals surface area contributed by atoms with Crippen LogP contribution in [0.1, 0.15) is 29.2 Å². The Kier molecular flexibility index (Phi) is 4.52. The number of amides is 2.